The molecule has 2 aliphatic heterocycles. The lowest BCUT2D eigenvalue weighted by atomic mass is 9.89. The highest BCUT2D eigenvalue weighted by molar-refractivity contribution is 7.90. The van der Waals surface area contributed by atoms with E-state index in [1.807, 2.05) is 12.1 Å². The summed E-state index contributed by atoms with van der Waals surface area (Å²) in [6.07, 6.45) is 4.60. The Kier molecular flexibility index (Phi) is 5.83. The molecule has 140 valence electrons. The van der Waals surface area contributed by atoms with Gasteiger partial charge in [-0.1, -0.05) is 19.1 Å². The highest BCUT2D eigenvalue weighted by Crippen LogP contribution is 2.30. The molecule has 0 unspecified atom stereocenters. The molecule has 5 nitrogen and oxygen atoms in total. The van der Waals surface area contributed by atoms with Crippen LogP contribution in [0.5, 0.6) is 0 Å². The Hall–Kier alpha value is -0.950. The van der Waals surface area contributed by atoms with Gasteiger partial charge < -0.3 is 4.74 Å². The van der Waals surface area contributed by atoms with E-state index < -0.39 is 9.84 Å². The van der Waals surface area contributed by atoms with Gasteiger partial charge >= 0.3 is 0 Å². The Labute approximate surface area is 151 Å². The number of rotatable bonds is 5. The highest BCUT2D eigenvalue weighted by atomic mass is 32.2. The van der Waals surface area contributed by atoms with E-state index in [1.165, 1.54) is 24.8 Å². The molecule has 25 heavy (non-hydrogen) atoms. The summed E-state index contributed by atoms with van der Waals surface area (Å²) in [5, 5.41) is 0. The molecule has 1 aromatic carbocycles. The smallest absolute Gasteiger partial charge is 0.175 e. The fourth-order valence-corrected chi connectivity index (χ4v) is 4.58. The highest BCUT2D eigenvalue weighted by Gasteiger charge is 2.39. The average Bonchev–Trinajstić information content (AvgIpc) is 2.58. The van der Waals surface area contributed by atoms with Crippen molar-refractivity contribution in [3.63, 3.8) is 0 Å². The predicted octanol–water partition coefficient (Wildman–Crippen LogP) is 2.17. The Bertz CT molecular complexity index is 662. The topological polar surface area (TPSA) is 49.9 Å². The number of ether oxygens (including phenoxy) is 1. The molecule has 2 heterocycles. The first-order valence-corrected chi connectivity index (χ1v) is 11.2. The minimum absolute atomic E-state index is 0.0457. The van der Waals surface area contributed by atoms with Crippen LogP contribution >= 0.6 is 0 Å². The van der Waals surface area contributed by atoms with Gasteiger partial charge in [-0.2, -0.15) is 0 Å². The molecule has 0 amide bonds. The van der Waals surface area contributed by atoms with Crippen molar-refractivity contribution in [2.45, 2.75) is 43.2 Å². The fraction of sp³-hybridized carbons (Fsp3) is 0.684. The largest absolute Gasteiger partial charge is 0.372 e. The summed E-state index contributed by atoms with van der Waals surface area (Å²) in [6.45, 7) is 9.33. The minimum Gasteiger partial charge on any atom is -0.372 e. The summed E-state index contributed by atoms with van der Waals surface area (Å²) in [4.78, 5) is 5.38. The van der Waals surface area contributed by atoms with Gasteiger partial charge in [0.15, 0.2) is 9.84 Å². The van der Waals surface area contributed by atoms with E-state index in [-0.39, 0.29) is 5.60 Å². The summed E-state index contributed by atoms with van der Waals surface area (Å²) in [6, 6.07) is 7.29. The normalized spacial score (nSPS) is 22.3. The van der Waals surface area contributed by atoms with Crippen LogP contribution < -0.4 is 0 Å². The van der Waals surface area contributed by atoms with Crippen LogP contribution in [0.4, 0.5) is 0 Å². The average molecular weight is 367 g/mol. The maximum Gasteiger partial charge on any atom is 0.175 e. The van der Waals surface area contributed by atoms with Crippen molar-refractivity contribution in [1.29, 1.82) is 0 Å². The van der Waals surface area contributed by atoms with E-state index in [1.54, 1.807) is 12.1 Å². The number of likely N-dealkylation sites (tertiary alicyclic amines) is 1. The monoisotopic (exact) mass is 366 g/mol. The van der Waals surface area contributed by atoms with E-state index in [4.69, 9.17) is 4.74 Å². The van der Waals surface area contributed by atoms with Gasteiger partial charge in [-0.05, 0) is 43.5 Å². The zero-order valence-electron chi connectivity index (χ0n) is 15.4. The van der Waals surface area contributed by atoms with Gasteiger partial charge in [-0.25, -0.2) is 8.42 Å². The first-order valence-electron chi connectivity index (χ1n) is 9.28. The van der Waals surface area contributed by atoms with Gasteiger partial charge in [0.1, 0.15) is 0 Å². The maximum absolute atomic E-state index is 11.6. The van der Waals surface area contributed by atoms with E-state index in [0.717, 1.165) is 52.2 Å². The van der Waals surface area contributed by atoms with Crippen molar-refractivity contribution in [3.8, 4) is 0 Å². The molecule has 6 heteroatoms. The predicted molar refractivity (Wildman–Crippen MR) is 99.5 cm³/mol. The molecule has 2 saturated heterocycles. The minimum atomic E-state index is -3.12. The number of piperidine rings is 1. The van der Waals surface area contributed by atoms with Crippen molar-refractivity contribution >= 4 is 9.84 Å². The fourth-order valence-electron chi connectivity index (χ4n) is 3.95. The van der Waals surface area contributed by atoms with Crippen LogP contribution in [-0.2, 0) is 21.1 Å². The van der Waals surface area contributed by atoms with Gasteiger partial charge in [0, 0.05) is 39.0 Å². The third-order valence-electron chi connectivity index (χ3n) is 5.39. The number of sulfone groups is 1. The first-order chi connectivity index (χ1) is 11.9. The third-order valence-corrected chi connectivity index (χ3v) is 6.52. The van der Waals surface area contributed by atoms with Crippen LogP contribution in [0.25, 0.3) is 0 Å². The molecule has 0 radical (unpaired) electrons. The van der Waals surface area contributed by atoms with Crippen LogP contribution in [0.15, 0.2) is 29.2 Å². The van der Waals surface area contributed by atoms with Gasteiger partial charge in [0.05, 0.1) is 17.1 Å². The number of morpholine rings is 1. The van der Waals surface area contributed by atoms with Crippen LogP contribution in [-0.4, -0.2) is 69.4 Å². The molecule has 3 rings (SSSR count). The van der Waals surface area contributed by atoms with Crippen molar-refractivity contribution < 1.29 is 13.2 Å². The SMILES string of the molecule is CCCN1CCOC2(CCN(Cc3ccc(S(C)(=O)=O)cc3)CC2)C1. The van der Waals surface area contributed by atoms with Crippen LogP contribution in [0.2, 0.25) is 0 Å². The molecular weight excluding hydrogens is 336 g/mol. The molecule has 0 aliphatic carbocycles. The van der Waals surface area contributed by atoms with Gasteiger partial charge in [0.25, 0.3) is 0 Å². The molecule has 0 N–H and O–H groups in total. The molecule has 1 spiro atoms. The first kappa shape index (κ1) is 18.8. The molecular formula is C19H30N2O3S. The number of hydrogen-bond donors (Lipinski definition) is 0. The molecule has 0 bridgehead atoms. The number of benzene rings is 1. The van der Waals surface area contributed by atoms with E-state index in [9.17, 15) is 8.42 Å². The van der Waals surface area contributed by atoms with Crippen LogP contribution in [0, 0.1) is 0 Å². The molecule has 0 saturated carbocycles. The van der Waals surface area contributed by atoms with Crippen LogP contribution in [0.3, 0.4) is 0 Å². The molecule has 2 aliphatic rings. The zero-order valence-corrected chi connectivity index (χ0v) is 16.2. The molecule has 2 fully saturated rings. The van der Waals surface area contributed by atoms with Crippen molar-refractivity contribution in [1.82, 2.24) is 9.80 Å². The lowest BCUT2D eigenvalue weighted by Gasteiger charge is -2.47. The summed E-state index contributed by atoms with van der Waals surface area (Å²) in [7, 11) is -3.12. The Balaban J connectivity index is 1.54. The second-order valence-corrected chi connectivity index (χ2v) is 9.52. The van der Waals surface area contributed by atoms with Crippen molar-refractivity contribution in [2.75, 3.05) is 45.6 Å². The lowest BCUT2D eigenvalue weighted by molar-refractivity contribution is -0.136. The summed E-state index contributed by atoms with van der Waals surface area (Å²) < 4.78 is 29.3. The van der Waals surface area contributed by atoms with Gasteiger partial charge in [-0.15, -0.1) is 0 Å². The van der Waals surface area contributed by atoms with E-state index in [0.29, 0.717) is 4.90 Å². The van der Waals surface area contributed by atoms with Crippen molar-refractivity contribution in [2.24, 2.45) is 0 Å². The maximum atomic E-state index is 11.6. The third kappa shape index (κ3) is 4.82. The Morgan fingerprint density at radius 2 is 1.76 bits per heavy atom. The Morgan fingerprint density at radius 3 is 2.36 bits per heavy atom. The van der Waals surface area contributed by atoms with Gasteiger partial charge in [-0.3, -0.25) is 9.80 Å². The summed E-state index contributed by atoms with van der Waals surface area (Å²) in [5.41, 5.74) is 1.21. The molecule has 1 aromatic rings. The van der Waals surface area contributed by atoms with Crippen molar-refractivity contribution in [3.05, 3.63) is 29.8 Å². The summed E-state index contributed by atoms with van der Waals surface area (Å²) >= 11 is 0. The molecule has 0 aromatic heterocycles. The standard InChI is InChI=1S/C19H30N2O3S/c1-3-10-21-13-14-24-19(16-21)8-11-20(12-9-19)15-17-4-6-18(7-5-17)25(2,22)23/h4-7H,3,8-16H2,1-2H3. The zero-order chi connectivity index (χ0) is 17.9. The number of hydrogen-bond acceptors (Lipinski definition) is 5. The summed E-state index contributed by atoms with van der Waals surface area (Å²) in [5.74, 6) is 0. The van der Waals surface area contributed by atoms with Gasteiger partial charge in [0.2, 0.25) is 0 Å². The second kappa shape index (κ2) is 7.74. The molecule has 0 atom stereocenters. The second-order valence-electron chi connectivity index (χ2n) is 7.50. The Morgan fingerprint density at radius 1 is 1.08 bits per heavy atom. The van der Waals surface area contributed by atoms with E-state index >= 15 is 0 Å². The van der Waals surface area contributed by atoms with E-state index in [2.05, 4.69) is 16.7 Å². The lowest BCUT2D eigenvalue weighted by Crippen LogP contribution is -2.56. The van der Waals surface area contributed by atoms with Crippen LogP contribution in [0.1, 0.15) is 31.7 Å². The number of nitrogens with zero attached hydrogens (tertiary/aromatic N) is 2. The quantitative estimate of drug-likeness (QED) is 0.799.